The minimum atomic E-state index is 0.909. The van der Waals surface area contributed by atoms with Crippen LogP contribution in [0.5, 0.6) is 0 Å². The van der Waals surface area contributed by atoms with E-state index in [1.54, 1.807) is 12.8 Å². The second-order valence-corrected chi connectivity index (χ2v) is 4.70. The van der Waals surface area contributed by atoms with E-state index in [1.807, 2.05) is 0 Å². The number of hydrogen-bond acceptors (Lipinski definition) is 0. The van der Waals surface area contributed by atoms with Crippen molar-refractivity contribution in [2.75, 3.05) is 0 Å². The molecule has 0 aromatic carbocycles. The fourth-order valence-electron chi connectivity index (χ4n) is 4.60. The van der Waals surface area contributed by atoms with Gasteiger partial charge < -0.3 is 0 Å². The van der Waals surface area contributed by atoms with Crippen LogP contribution in [0.2, 0.25) is 0 Å². The Labute approximate surface area is 61.3 Å². The summed E-state index contributed by atoms with van der Waals surface area (Å²) in [7, 11) is 0. The predicted molar refractivity (Wildman–Crippen MR) is 39.5 cm³/mol. The summed E-state index contributed by atoms with van der Waals surface area (Å²) in [4.78, 5) is 0. The number of rotatable bonds is 0. The molecule has 0 saturated heterocycles. The smallest absolute Gasteiger partial charge is 0.0132 e. The summed E-state index contributed by atoms with van der Waals surface area (Å²) in [5.74, 6) is 2.42. The first-order valence-corrected chi connectivity index (χ1v) is 4.57. The molecule has 0 heteroatoms. The van der Waals surface area contributed by atoms with Gasteiger partial charge in [-0.15, -0.1) is 0 Å². The lowest BCUT2D eigenvalue weighted by Crippen LogP contribution is -2.15. The third-order valence-electron chi connectivity index (χ3n) is 4.95. The first-order valence-electron chi connectivity index (χ1n) is 4.57. The maximum atomic E-state index is 2.43. The highest BCUT2D eigenvalue weighted by Gasteiger charge is 2.96. The zero-order valence-electron chi connectivity index (χ0n) is 6.14. The van der Waals surface area contributed by atoms with Crippen molar-refractivity contribution in [1.82, 2.24) is 0 Å². The van der Waals surface area contributed by atoms with E-state index in [4.69, 9.17) is 0 Å². The number of allylic oxidation sites excluding steroid dienone is 2. The molecule has 2 spiro atoms. The quantitative estimate of drug-likeness (QED) is 0.444. The molecule has 0 radical (unpaired) electrons. The van der Waals surface area contributed by atoms with Crippen LogP contribution in [0.4, 0.5) is 0 Å². The average molecular weight is 132 g/mol. The van der Waals surface area contributed by atoms with Crippen molar-refractivity contribution in [3.63, 3.8) is 0 Å². The van der Waals surface area contributed by atoms with Crippen LogP contribution in [0.1, 0.15) is 25.7 Å². The highest BCUT2D eigenvalue weighted by atomic mass is 15.0. The molecular formula is C10H12. The second kappa shape index (κ2) is 0.929. The Morgan fingerprint density at radius 2 is 2.10 bits per heavy atom. The average Bonchev–Trinajstić information content (AvgIpc) is 2.64. The molecule has 52 valence electrons. The third kappa shape index (κ3) is 0.202. The van der Waals surface area contributed by atoms with Gasteiger partial charge in [0.2, 0.25) is 0 Å². The maximum Gasteiger partial charge on any atom is -0.0132 e. The van der Waals surface area contributed by atoms with Crippen molar-refractivity contribution in [3.8, 4) is 0 Å². The molecule has 4 saturated carbocycles. The molecule has 0 unspecified atom stereocenters. The lowest BCUT2D eigenvalue weighted by Gasteiger charge is -2.23. The molecule has 4 atom stereocenters. The van der Waals surface area contributed by atoms with Crippen LogP contribution in [-0.4, -0.2) is 0 Å². The Kier molecular flexibility index (Phi) is 0.426. The van der Waals surface area contributed by atoms with Crippen LogP contribution in [0.25, 0.3) is 0 Å². The Bertz CT molecular complexity index is 239. The third-order valence-corrected chi connectivity index (χ3v) is 4.95. The SMILES string of the molecule is C1=CC[C@@]23[C@H]4CC[C@@]2(C1)[C@H]43. The Balaban J connectivity index is 1.94. The van der Waals surface area contributed by atoms with Crippen LogP contribution in [-0.2, 0) is 0 Å². The van der Waals surface area contributed by atoms with Gasteiger partial charge >= 0.3 is 0 Å². The van der Waals surface area contributed by atoms with Crippen LogP contribution >= 0.6 is 0 Å². The van der Waals surface area contributed by atoms with Crippen molar-refractivity contribution in [3.05, 3.63) is 12.2 Å². The topological polar surface area (TPSA) is 0 Å². The monoisotopic (exact) mass is 132 g/mol. The number of fused-ring (bicyclic) bond motifs is 1. The fourth-order valence-corrected chi connectivity index (χ4v) is 4.60. The molecule has 0 aromatic rings. The summed E-state index contributed by atoms with van der Waals surface area (Å²) in [5.41, 5.74) is 1.84. The van der Waals surface area contributed by atoms with E-state index >= 15 is 0 Å². The van der Waals surface area contributed by atoms with Crippen LogP contribution in [0.3, 0.4) is 0 Å². The highest BCUT2D eigenvalue weighted by molar-refractivity contribution is 5.46. The van der Waals surface area contributed by atoms with Gasteiger partial charge in [0.15, 0.2) is 0 Å². The van der Waals surface area contributed by atoms with Gasteiger partial charge in [0.1, 0.15) is 0 Å². The van der Waals surface area contributed by atoms with Crippen LogP contribution < -0.4 is 0 Å². The molecule has 0 nitrogen and oxygen atoms in total. The summed E-state index contributed by atoms with van der Waals surface area (Å²) < 4.78 is 0. The lowest BCUT2D eigenvalue weighted by atomic mass is 9.81. The molecule has 2 bridgehead atoms. The summed E-state index contributed by atoms with van der Waals surface area (Å²) in [6, 6.07) is 0. The Morgan fingerprint density at radius 1 is 1.20 bits per heavy atom. The van der Waals surface area contributed by atoms with Gasteiger partial charge in [-0.3, -0.25) is 0 Å². The molecular weight excluding hydrogens is 120 g/mol. The first-order chi connectivity index (χ1) is 4.92. The van der Waals surface area contributed by atoms with Crippen molar-refractivity contribution < 1.29 is 0 Å². The zero-order valence-corrected chi connectivity index (χ0v) is 6.14. The van der Waals surface area contributed by atoms with E-state index in [9.17, 15) is 0 Å². The highest BCUT2D eigenvalue weighted by Crippen LogP contribution is 3.01. The molecule has 5 aliphatic carbocycles. The normalized spacial score (nSPS) is 72.8. The Morgan fingerprint density at radius 3 is 3.00 bits per heavy atom. The molecule has 0 aliphatic heterocycles. The van der Waals surface area contributed by atoms with Crippen molar-refractivity contribution in [2.45, 2.75) is 25.7 Å². The largest absolute Gasteiger partial charge is 0.0879 e. The minimum absolute atomic E-state index is 0.909. The summed E-state index contributed by atoms with van der Waals surface area (Å²) in [6.07, 6.45) is 10.9. The second-order valence-electron chi connectivity index (χ2n) is 4.70. The van der Waals surface area contributed by atoms with Crippen LogP contribution in [0.15, 0.2) is 12.2 Å². The summed E-state index contributed by atoms with van der Waals surface area (Å²) in [5, 5.41) is 0. The lowest BCUT2D eigenvalue weighted by molar-refractivity contribution is 0.312. The van der Waals surface area contributed by atoms with Crippen molar-refractivity contribution in [2.24, 2.45) is 22.7 Å². The predicted octanol–water partition coefficient (Wildman–Crippen LogP) is 2.36. The van der Waals surface area contributed by atoms with E-state index < -0.39 is 0 Å². The first kappa shape index (κ1) is 4.58. The van der Waals surface area contributed by atoms with Gasteiger partial charge in [-0.25, -0.2) is 0 Å². The molecule has 4 fully saturated rings. The van der Waals surface area contributed by atoms with E-state index in [-0.39, 0.29) is 0 Å². The van der Waals surface area contributed by atoms with Crippen LogP contribution in [0, 0.1) is 22.7 Å². The van der Waals surface area contributed by atoms with Gasteiger partial charge in [0.25, 0.3) is 0 Å². The molecule has 5 aliphatic rings. The van der Waals surface area contributed by atoms with E-state index in [0.717, 1.165) is 10.8 Å². The zero-order chi connectivity index (χ0) is 6.40. The summed E-state index contributed by atoms with van der Waals surface area (Å²) >= 11 is 0. The van der Waals surface area contributed by atoms with E-state index in [0.29, 0.717) is 0 Å². The maximum absolute atomic E-state index is 2.43. The van der Waals surface area contributed by atoms with E-state index in [2.05, 4.69) is 12.2 Å². The summed E-state index contributed by atoms with van der Waals surface area (Å²) in [6.45, 7) is 0. The molecule has 5 rings (SSSR count). The van der Waals surface area contributed by atoms with Gasteiger partial charge in [0.05, 0.1) is 0 Å². The van der Waals surface area contributed by atoms with E-state index in [1.165, 1.54) is 24.7 Å². The Hall–Kier alpha value is -0.260. The van der Waals surface area contributed by atoms with Gasteiger partial charge in [0, 0.05) is 0 Å². The molecule has 0 amide bonds. The molecule has 0 N–H and O–H groups in total. The molecule has 10 heavy (non-hydrogen) atoms. The minimum Gasteiger partial charge on any atom is -0.0879 e. The van der Waals surface area contributed by atoms with Crippen molar-refractivity contribution >= 4 is 0 Å². The van der Waals surface area contributed by atoms with Gasteiger partial charge in [-0.05, 0) is 48.3 Å². The molecule has 0 aromatic heterocycles. The van der Waals surface area contributed by atoms with Gasteiger partial charge in [-0.1, -0.05) is 12.2 Å². The standard InChI is InChI=1S/C10H12/c1-2-5-10-7-3-6-9(10,4-1)8(7)10/h1-2,7-8H,3-6H2/t7-,8-,9-,10-/m0/s1. The molecule has 0 heterocycles. The fraction of sp³-hybridized carbons (Fsp3) is 0.800. The van der Waals surface area contributed by atoms with Crippen molar-refractivity contribution in [1.29, 1.82) is 0 Å². The van der Waals surface area contributed by atoms with Gasteiger partial charge in [-0.2, -0.15) is 0 Å². The number of hydrogen-bond donors (Lipinski definition) is 0.